The van der Waals surface area contributed by atoms with Gasteiger partial charge < -0.3 is 14.8 Å². The molecule has 25 heavy (non-hydrogen) atoms. The number of carbonyl (C=O) groups excluding carboxylic acids is 1. The van der Waals surface area contributed by atoms with Crippen LogP contribution in [0.2, 0.25) is 5.02 Å². The Labute approximate surface area is 156 Å². The lowest BCUT2D eigenvalue weighted by atomic mass is 10.1. The van der Waals surface area contributed by atoms with Crippen LogP contribution >= 0.6 is 27.5 Å². The first-order chi connectivity index (χ1) is 12.0. The Morgan fingerprint density at radius 1 is 1.36 bits per heavy atom. The number of nitrogens with zero attached hydrogens (tertiary/aromatic N) is 2. The van der Waals surface area contributed by atoms with Gasteiger partial charge in [0.2, 0.25) is 5.88 Å². The molecule has 3 aromatic rings. The number of fused-ring (bicyclic) bond motifs is 1. The molecule has 128 valence electrons. The second kappa shape index (κ2) is 7.25. The molecule has 2 aromatic carbocycles. The summed E-state index contributed by atoms with van der Waals surface area (Å²) in [6.07, 6.45) is 0. The number of hydrogen-bond donors (Lipinski definition) is 2. The molecule has 0 aliphatic heterocycles. The molecule has 0 atom stereocenters. The van der Waals surface area contributed by atoms with E-state index < -0.39 is 5.91 Å². The van der Waals surface area contributed by atoms with Crippen LogP contribution in [0.25, 0.3) is 10.9 Å². The maximum absolute atomic E-state index is 11.9. The zero-order chi connectivity index (χ0) is 18.0. The monoisotopic (exact) mass is 421 g/mol. The number of carbonyl (C=O) groups is 1. The number of nitrogens with one attached hydrogen (secondary N) is 1. The molecule has 0 spiro atoms. The highest BCUT2D eigenvalue weighted by Crippen LogP contribution is 2.38. The van der Waals surface area contributed by atoms with Crippen molar-refractivity contribution in [1.29, 1.82) is 0 Å². The molecule has 1 amide bonds. The summed E-state index contributed by atoms with van der Waals surface area (Å²) < 4.78 is 6.19. The first kappa shape index (κ1) is 17.4. The molecule has 3 rings (SSSR count). The molecule has 0 bridgehead atoms. The lowest BCUT2D eigenvalue weighted by Crippen LogP contribution is -2.07. The third kappa shape index (κ3) is 3.83. The number of azo groups is 1. The van der Waals surface area contributed by atoms with Gasteiger partial charge in [-0.3, -0.25) is 4.79 Å². The Morgan fingerprint density at radius 3 is 2.92 bits per heavy atom. The summed E-state index contributed by atoms with van der Waals surface area (Å²) in [5.74, 6) is -0.206. The van der Waals surface area contributed by atoms with Crippen molar-refractivity contribution in [2.45, 2.75) is 6.92 Å². The van der Waals surface area contributed by atoms with E-state index in [1.807, 2.05) is 13.0 Å². The SMILES string of the molecule is Cc1c(Cl)ccc2c(N=NC(=O)COc3cccc(Br)c3)c(O)[nH]c12. The third-order valence-electron chi connectivity index (χ3n) is 3.54. The van der Waals surface area contributed by atoms with Crippen molar-refractivity contribution in [1.82, 2.24) is 4.98 Å². The number of H-pyrrole nitrogens is 1. The van der Waals surface area contributed by atoms with E-state index in [0.717, 1.165) is 10.0 Å². The van der Waals surface area contributed by atoms with Gasteiger partial charge in [-0.15, -0.1) is 10.2 Å². The number of aromatic nitrogens is 1. The summed E-state index contributed by atoms with van der Waals surface area (Å²) in [6.45, 7) is 1.56. The van der Waals surface area contributed by atoms with Crippen LogP contribution in [0.3, 0.4) is 0 Å². The molecular weight excluding hydrogens is 410 g/mol. The molecule has 0 saturated carbocycles. The number of halogens is 2. The molecule has 0 aliphatic carbocycles. The fraction of sp³-hybridized carbons (Fsp3) is 0.118. The molecule has 8 heteroatoms. The largest absolute Gasteiger partial charge is 0.493 e. The number of hydrogen-bond acceptors (Lipinski definition) is 4. The number of amides is 1. The predicted molar refractivity (Wildman–Crippen MR) is 98.9 cm³/mol. The van der Waals surface area contributed by atoms with E-state index in [1.165, 1.54) is 0 Å². The van der Waals surface area contributed by atoms with E-state index in [0.29, 0.717) is 21.7 Å². The summed E-state index contributed by atoms with van der Waals surface area (Å²) >= 11 is 9.38. The smallest absolute Gasteiger partial charge is 0.302 e. The predicted octanol–water partition coefficient (Wildman–Crippen LogP) is 5.29. The second-order valence-electron chi connectivity index (χ2n) is 5.26. The molecule has 0 fully saturated rings. The van der Waals surface area contributed by atoms with Crippen molar-refractivity contribution in [3.05, 3.63) is 51.5 Å². The summed E-state index contributed by atoms with van der Waals surface area (Å²) in [7, 11) is 0. The molecule has 1 heterocycles. The summed E-state index contributed by atoms with van der Waals surface area (Å²) in [6, 6.07) is 10.5. The van der Waals surface area contributed by atoms with E-state index >= 15 is 0 Å². The number of aromatic hydroxyl groups is 1. The molecule has 0 unspecified atom stereocenters. The van der Waals surface area contributed by atoms with Crippen molar-refractivity contribution >= 4 is 50.0 Å². The molecule has 0 saturated heterocycles. The first-order valence-corrected chi connectivity index (χ1v) is 8.45. The second-order valence-corrected chi connectivity index (χ2v) is 6.58. The molecule has 0 aliphatic rings. The van der Waals surface area contributed by atoms with Gasteiger partial charge in [0, 0.05) is 14.9 Å². The van der Waals surface area contributed by atoms with Crippen LogP contribution in [0.5, 0.6) is 11.6 Å². The molecule has 1 aromatic heterocycles. The van der Waals surface area contributed by atoms with Crippen LogP contribution in [0.15, 0.2) is 51.1 Å². The summed E-state index contributed by atoms with van der Waals surface area (Å²) in [5.41, 5.74) is 1.61. The Balaban J connectivity index is 1.75. The topological polar surface area (TPSA) is 87.0 Å². The van der Waals surface area contributed by atoms with Crippen molar-refractivity contribution in [2.24, 2.45) is 10.2 Å². The molecule has 2 N–H and O–H groups in total. The first-order valence-electron chi connectivity index (χ1n) is 7.28. The van der Waals surface area contributed by atoms with Gasteiger partial charge in [0.1, 0.15) is 5.75 Å². The maximum Gasteiger partial charge on any atom is 0.302 e. The quantitative estimate of drug-likeness (QED) is 0.560. The Bertz CT molecular complexity index is 985. The Hall–Kier alpha value is -2.38. The van der Waals surface area contributed by atoms with E-state index in [9.17, 15) is 9.90 Å². The van der Waals surface area contributed by atoms with E-state index in [-0.39, 0.29) is 18.2 Å². The average molecular weight is 423 g/mol. The van der Waals surface area contributed by atoms with Crippen LogP contribution in [0.1, 0.15) is 5.56 Å². The normalized spacial score (nSPS) is 11.3. The number of ether oxygens (including phenoxy) is 1. The summed E-state index contributed by atoms with van der Waals surface area (Å²) in [5, 5.41) is 18.7. The maximum atomic E-state index is 11.9. The zero-order valence-electron chi connectivity index (χ0n) is 13.1. The minimum absolute atomic E-state index is 0.176. The van der Waals surface area contributed by atoms with Crippen molar-refractivity contribution in [3.8, 4) is 11.6 Å². The van der Waals surface area contributed by atoms with Crippen LogP contribution in [-0.2, 0) is 4.79 Å². The molecular formula is C17H13BrClN3O3. The fourth-order valence-corrected chi connectivity index (χ4v) is 2.82. The van der Waals surface area contributed by atoms with Gasteiger partial charge in [0.25, 0.3) is 0 Å². The van der Waals surface area contributed by atoms with Gasteiger partial charge in [-0.25, -0.2) is 0 Å². The lowest BCUT2D eigenvalue weighted by Gasteiger charge is -2.02. The number of aromatic amines is 1. The average Bonchev–Trinajstić information content (AvgIpc) is 2.91. The number of aryl methyl sites for hydroxylation is 1. The van der Waals surface area contributed by atoms with Crippen molar-refractivity contribution < 1.29 is 14.6 Å². The van der Waals surface area contributed by atoms with Gasteiger partial charge in [0.15, 0.2) is 12.3 Å². The molecule has 6 nitrogen and oxygen atoms in total. The van der Waals surface area contributed by atoms with Crippen molar-refractivity contribution in [2.75, 3.05) is 6.61 Å². The van der Waals surface area contributed by atoms with E-state index in [4.69, 9.17) is 16.3 Å². The van der Waals surface area contributed by atoms with Crippen LogP contribution in [0, 0.1) is 6.92 Å². The van der Waals surface area contributed by atoms with Gasteiger partial charge in [0.05, 0.1) is 5.52 Å². The van der Waals surface area contributed by atoms with Crippen LogP contribution in [-0.4, -0.2) is 22.6 Å². The minimum Gasteiger partial charge on any atom is -0.493 e. The van der Waals surface area contributed by atoms with Gasteiger partial charge in [-0.1, -0.05) is 33.6 Å². The highest BCUT2D eigenvalue weighted by molar-refractivity contribution is 9.10. The highest BCUT2D eigenvalue weighted by atomic mass is 79.9. The van der Waals surface area contributed by atoms with E-state index in [2.05, 4.69) is 31.1 Å². The zero-order valence-corrected chi connectivity index (χ0v) is 15.4. The Morgan fingerprint density at radius 2 is 2.16 bits per heavy atom. The van der Waals surface area contributed by atoms with Crippen molar-refractivity contribution in [3.63, 3.8) is 0 Å². The number of benzene rings is 2. The fourth-order valence-electron chi connectivity index (χ4n) is 2.29. The Kier molecular flexibility index (Phi) is 5.06. The van der Waals surface area contributed by atoms with Gasteiger partial charge in [-0.2, -0.15) is 0 Å². The third-order valence-corrected chi connectivity index (χ3v) is 4.44. The number of rotatable bonds is 4. The van der Waals surface area contributed by atoms with Crippen LogP contribution < -0.4 is 4.74 Å². The standard InChI is InChI=1S/C17H13BrClN3O3/c1-9-13(19)6-5-12-15(9)20-17(24)16(12)22-21-14(23)8-25-11-4-2-3-10(18)7-11/h2-7,20,24H,8H2,1H3. The summed E-state index contributed by atoms with van der Waals surface area (Å²) in [4.78, 5) is 14.6. The molecule has 0 radical (unpaired) electrons. The van der Waals surface area contributed by atoms with Gasteiger partial charge >= 0.3 is 5.91 Å². The highest BCUT2D eigenvalue weighted by Gasteiger charge is 2.14. The van der Waals surface area contributed by atoms with Gasteiger partial charge in [-0.05, 0) is 42.8 Å². The van der Waals surface area contributed by atoms with E-state index in [1.54, 1.807) is 30.3 Å². The van der Waals surface area contributed by atoms with Crippen LogP contribution in [0.4, 0.5) is 5.69 Å². The minimum atomic E-state index is -0.570. The lowest BCUT2D eigenvalue weighted by molar-refractivity contribution is -0.120.